The van der Waals surface area contributed by atoms with E-state index in [1.807, 2.05) is 0 Å². The van der Waals surface area contributed by atoms with E-state index >= 15 is 0 Å². The molecule has 1 atom stereocenters. The smallest absolute Gasteiger partial charge is 0.318 e. The van der Waals surface area contributed by atoms with Crippen molar-refractivity contribution in [3.05, 3.63) is 30.1 Å². The molecule has 0 heterocycles. The standard InChI is InChI=1S/C12H16FNO4S/c1-3-9(2)14(8-12(15)16)19(17,18)11-7-5-4-6-10(11)13/h4-7,9H,3,8H2,1-2H3,(H,15,16). The van der Waals surface area contributed by atoms with Crippen molar-refractivity contribution in [1.82, 2.24) is 4.31 Å². The number of carboxylic acids is 1. The molecule has 0 radical (unpaired) electrons. The Bertz CT molecular complexity index is 559. The molecule has 0 aliphatic heterocycles. The van der Waals surface area contributed by atoms with Gasteiger partial charge in [-0.15, -0.1) is 0 Å². The summed E-state index contributed by atoms with van der Waals surface area (Å²) in [7, 11) is -4.16. The van der Waals surface area contributed by atoms with Crippen LogP contribution in [-0.4, -0.2) is 36.4 Å². The zero-order valence-corrected chi connectivity index (χ0v) is 11.5. The number of aliphatic carboxylic acids is 1. The van der Waals surface area contributed by atoms with Gasteiger partial charge in [0.05, 0.1) is 0 Å². The van der Waals surface area contributed by atoms with Gasteiger partial charge in [0.25, 0.3) is 0 Å². The highest BCUT2D eigenvalue weighted by molar-refractivity contribution is 7.89. The van der Waals surface area contributed by atoms with Crippen LogP contribution in [0.15, 0.2) is 29.2 Å². The molecule has 1 aromatic carbocycles. The summed E-state index contributed by atoms with van der Waals surface area (Å²) in [6, 6.07) is 4.40. The Kier molecular flexibility index (Phi) is 5.02. The van der Waals surface area contributed by atoms with Crippen molar-refractivity contribution in [2.24, 2.45) is 0 Å². The summed E-state index contributed by atoms with van der Waals surface area (Å²) >= 11 is 0. The van der Waals surface area contributed by atoms with Crippen LogP contribution in [0.5, 0.6) is 0 Å². The van der Waals surface area contributed by atoms with Gasteiger partial charge in [-0.05, 0) is 25.5 Å². The van der Waals surface area contributed by atoms with Gasteiger partial charge in [-0.1, -0.05) is 19.1 Å². The van der Waals surface area contributed by atoms with Gasteiger partial charge in [-0.2, -0.15) is 4.31 Å². The molecule has 1 N–H and O–H groups in total. The number of hydrogen-bond acceptors (Lipinski definition) is 3. The Labute approximate surface area is 111 Å². The monoisotopic (exact) mass is 289 g/mol. The lowest BCUT2D eigenvalue weighted by molar-refractivity contribution is -0.137. The van der Waals surface area contributed by atoms with E-state index in [0.29, 0.717) is 6.42 Å². The highest BCUT2D eigenvalue weighted by atomic mass is 32.2. The van der Waals surface area contributed by atoms with Gasteiger partial charge >= 0.3 is 5.97 Å². The lowest BCUT2D eigenvalue weighted by atomic mass is 10.2. The summed E-state index contributed by atoms with van der Waals surface area (Å²) in [5.74, 6) is -2.17. The van der Waals surface area contributed by atoms with Gasteiger partial charge < -0.3 is 5.11 Å². The van der Waals surface area contributed by atoms with Crippen LogP contribution in [0.25, 0.3) is 0 Å². The third-order valence-corrected chi connectivity index (χ3v) is 4.79. The van der Waals surface area contributed by atoms with Crippen LogP contribution in [-0.2, 0) is 14.8 Å². The fraction of sp³-hybridized carbons (Fsp3) is 0.417. The summed E-state index contributed by atoms with van der Waals surface area (Å²) in [5.41, 5.74) is 0. The molecule has 5 nitrogen and oxygen atoms in total. The summed E-state index contributed by atoms with van der Waals surface area (Å²) in [6.45, 7) is 2.63. The average molecular weight is 289 g/mol. The van der Waals surface area contributed by atoms with E-state index < -0.39 is 39.3 Å². The van der Waals surface area contributed by atoms with Gasteiger partial charge in [0.2, 0.25) is 10.0 Å². The number of benzene rings is 1. The number of halogens is 1. The first-order valence-electron chi connectivity index (χ1n) is 5.78. The summed E-state index contributed by atoms with van der Waals surface area (Å²) < 4.78 is 39.0. The van der Waals surface area contributed by atoms with Crippen LogP contribution >= 0.6 is 0 Å². The van der Waals surface area contributed by atoms with Crippen LogP contribution in [0.4, 0.5) is 4.39 Å². The highest BCUT2D eigenvalue weighted by Gasteiger charge is 2.32. The minimum Gasteiger partial charge on any atom is -0.480 e. The maximum absolute atomic E-state index is 13.6. The molecule has 0 aromatic heterocycles. The second kappa shape index (κ2) is 6.12. The lowest BCUT2D eigenvalue weighted by Gasteiger charge is -2.26. The summed E-state index contributed by atoms with van der Waals surface area (Å²) in [6.07, 6.45) is 0.432. The number of rotatable bonds is 6. The maximum atomic E-state index is 13.6. The minimum absolute atomic E-state index is 0.432. The van der Waals surface area contributed by atoms with E-state index in [1.54, 1.807) is 13.8 Å². The Morgan fingerprint density at radius 2 is 2.00 bits per heavy atom. The molecule has 19 heavy (non-hydrogen) atoms. The molecule has 0 aliphatic rings. The van der Waals surface area contributed by atoms with Crippen LogP contribution in [0, 0.1) is 5.82 Å². The first-order chi connectivity index (χ1) is 8.80. The van der Waals surface area contributed by atoms with Gasteiger partial charge in [0, 0.05) is 6.04 Å². The third kappa shape index (κ3) is 3.51. The molecule has 7 heteroatoms. The van der Waals surface area contributed by atoms with Crippen LogP contribution in [0.3, 0.4) is 0 Å². The van der Waals surface area contributed by atoms with Crippen molar-refractivity contribution in [2.75, 3.05) is 6.54 Å². The highest BCUT2D eigenvalue weighted by Crippen LogP contribution is 2.21. The van der Waals surface area contributed by atoms with E-state index in [0.717, 1.165) is 16.4 Å². The summed E-state index contributed by atoms with van der Waals surface area (Å²) in [4.78, 5) is 10.3. The second-order valence-electron chi connectivity index (χ2n) is 4.13. The molecular weight excluding hydrogens is 273 g/mol. The number of carbonyl (C=O) groups is 1. The lowest BCUT2D eigenvalue weighted by Crippen LogP contribution is -2.42. The molecule has 0 amide bonds. The average Bonchev–Trinajstić information content (AvgIpc) is 2.35. The Balaban J connectivity index is 3.27. The van der Waals surface area contributed by atoms with Crippen molar-refractivity contribution in [3.8, 4) is 0 Å². The quantitative estimate of drug-likeness (QED) is 0.865. The van der Waals surface area contributed by atoms with Crippen molar-refractivity contribution in [3.63, 3.8) is 0 Å². The van der Waals surface area contributed by atoms with Crippen LogP contribution in [0.1, 0.15) is 20.3 Å². The molecule has 0 spiro atoms. The molecular formula is C12H16FNO4S. The fourth-order valence-electron chi connectivity index (χ4n) is 1.59. The molecule has 0 aliphatic carbocycles. The number of sulfonamides is 1. The fourth-order valence-corrected chi connectivity index (χ4v) is 3.32. The summed E-state index contributed by atoms with van der Waals surface area (Å²) in [5, 5.41) is 8.81. The number of carboxylic acid groups (broad SMARTS) is 1. The molecule has 0 saturated carbocycles. The van der Waals surface area contributed by atoms with Crippen LogP contribution in [0.2, 0.25) is 0 Å². The van der Waals surface area contributed by atoms with Gasteiger partial charge in [0.15, 0.2) is 0 Å². The minimum atomic E-state index is -4.16. The largest absolute Gasteiger partial charge is 0.480 e. The topological polar surface area (TPSA) is 74.7 Å². The van der Waals surface area contributed by atoms with Crippen molar-refractivity contribution < 1.29 is 22.7 Å². The zero-order chi connectivity index (χ0) is 14.6. The molecule has 0 bridgehead atoms. The normalized spacial score (nSPS) is 13.5. The predicted molar refractivity (Wildman–Crippen MR) is 67.7 cm³/mol. The molecule has 1 rings (SSSR count). The Hall–Kier alpha value is -1.47. The van der Waals surface area contributed by atoms with E-state index in [2.05, 4.69) is 0 Å². The number of hydrogen-bond donors (Lipinski definition) is 1. The third-order valence-electron chi connectivity index (χ3n) is 2.80. The van der Waals surface area contributed by atoms with E-state index in [1.165, 1.54) is 12.1 Å². The molecule has 0 fully saturated rings. The van der Waals surface area contributed by atoms with E-state index in [9.17, 15) is 17.6 Å². The van der Waals surface area contributed by atoms with Gasteiger partial charge in [-0.25, -0.2) is 12.8 Å². The maximum Gasteiger partial charge on any atom is 0.318 e. The Morgan fingerprint density at radius 3 is 2.47 bits per heavy atom. The number of nitrogens with zero attached hydrogens (tertiary/aromatic N) is 1. The molecule has 106 valence electrons. The van der Waals surface area contributed by atoms with Gasteiger partial charge in [0.1, 0.15) is 17.3 Å². The van der Waals surface area contributed by atoms with E-state index in [4.69, 9.17) is 5.11 Å². The van der Waals surface area contributed by atoms with Crippen molar-refractivity contribution in [2.45, 2.75) is 31.2 Å². The van der Waals surface area contributed by atoms with Crippen molar-refractivity contribution in [1.29, 1.82) is 0 Å². The first-order valence-corrected chi connectivity index (χ1v) is 7.22. The molecule has 0 saturated heterocycles. The van der Waals surface area contributed by atoms with Crippen molar-refractivity contribution >= 4 is 16.0 Å². The molecule has 1 aromatic rings. The van der Waals surface area contributed by atoms with Gasteiger partial charge in [-0.3, -0.25) is 4.79 Å². The zero-order valence-electron chi connectivity index (χ0n) is 10.7. The predicted octanol–water partition coefficient (Wildman–Crippen LogP) is 1.70. The Morgan fingerprint density at radius 1 is 1.42 bits per heavy atom. The van der Waals surface area contributed by atoms with E-state index in [-0.39, 0.29) is 0 Å². The molecule has 1 unspecified atom stereocenters. The second-order valence-corrected chi connectivity index (χ2v) is 5.99. The SMILES string of the molecule is CCC(C)N(CC(=O)O)S(=O)(=O)c1ccccc1F. The first kappa shape index (κ1) is 15.6. The van der Waals surface area contributed by atoms with Crippen LogP contribution < -0.4 is 0 Å².